The molecule has 3 N–H and O–H groups in total. The highest BCUT2D eigenvalue weighted by Crippen LogP contribution is 2.37. The molecule has 0 saturated carbocycles. The van der Waals surface area contributed by atoms with Crippen molar-refractivity contribution < 1.29 is 24.1 Å². The molecular formula is C31H40N2O5. The third kappa shape index (κ3) is 8.05. The maximum Gasteiger partial charge on any atom is 0.407 e. The second-order valence-corrected chi connectivity index (χ2v) is 9.14. The monoisotopic (exact) mass is 520 g/mol. The first-order chi connectivity index (χ1) is 18.6. The van der Waals surface area contributed by atoms with Crippen molar-refractivity contribution in [3.8, 4) is 5.75 Å². The molecule has 7 nitrogen and oxygen atoms in total. The first kappa shape index (κ1) is 29.2. The normalized spacial score (nSPS) is 12.1. The van der Waals surface area contributed by atoms with Gasteiger partial charge in [-0.25, -0.2) is 4.79 Å². The van der Waals surface area contributed by atoms with Gasteiger partial charge in [-0.05, 0) is 41.7 Å². The van der Waals surface area contributed by atoms with Crippen LogP contribution >= 0.6 is 0 Å². The van der Waals surface area contributed by atoms with Crippen LogP contribution in [0, 0.1) is 0 Å². The van der Waals surface area contributed by atoms with Gasteiger partial charge in [0.2, 0.25) is 0 Å². The highest BCUT2D eigenvalue weighted by molar-refractivity contribution is 5.67. The lowest BCUT2D eigenvalue weighted by Crippen LogP contribution is -2.49. The first-order valence-corrected chi connectivity index (χ1v) is 13.2. The van der Waals surface area contributed by atoms with E-state index in [4.69, 9.17) is 19.3 Å². The van der Waals surface area contributed by atoms with E-state index in [1.165, 1.54) is 0 Å². The Bertz CT molecular complexity index is 1020. The summed E-state index contributed by atoms with van der Waals surface area (Å²) in [6.07, 6.45) is 2.53. The number of aliphatic hydroxyl groups excluding tert-OH is 1. The number of aliphatic hydroxyl groups is 1. The third-order valence-corrected chi connectivity index (χ3v) is 6.51. The fourth-order valence-corrected chi connectivity index (χ4v) is 4.58. The van der Waals surface area contributed by atoms with Crippen LogP contribution in [0.1, 0.15) is 42.4 Å². The van der Waals surface area contributed by atoms with Gasteiger partial charge in [-0.2, -0.15) is 0 Å². The Balaban J connectivity index is 1.85. The van der Waals surface area contributed by atoms with Crippen LogP contribution in [0.5, 0.6) is 5.75 Å². The van der Waals surface area contributed by atoms with Gasteiger partial charge in [-0.3, -0.25) is 5.32 Å². The van der Waals surface area contributed by atoms with Gasteiger partial charge in [0.15, 0.2) is 0 Å². The Kier molecular flexibility index (Phi) is 12.1. The van der Waals surface area contributed by atoms with Gasteiger partial charge < -0.3 is 24.6 Å². The molecule has 0 aliphatic rings. The molecule has 0 unspecified atom stereocenters. The number of unbranched alkanes of at least 4 members (excludes halogenated alkanes) is 3. The predicted octanol–water partition coefficient (Wildman–Crippen LogP) is 4.87. The lowest BCUT2D eigenvalue weighted by molar-refractivity contribution is 0.0369. The molecular weight excluding hydrogens is 480 g/mol. The number of benzene rings is 3. The average Bonchev–Trinajstić information content (AvgIpc) is 2.96. The van der Waals surface area contributed by atoms with Crippen LogP contribution in [0.25, 0.3) is 0 Å². The van der Waals surface area contributed by atoms with Crippen LogP contribution in [-0.4, -0.2) is 57.8 Å². The van der Waals surface area contributed by atoms with E-state index in [9.17, 15) is 4.79 Å². The van der Waals surface area contributed by atoms with Crippen LogP contribution < -0.4 is 15.4 Å². The number of hydrogen-bond donors (Lipinski definition) is 3. The Hall–Kier alpha value is -3.39. The number of carbonyl (C=O) groups excluding carboxylic acids is 1. The zero-order chi connectivity index (χ0) is 27.1. The molecule has 1 amide bonds. The Morgan fingerprint density at radius 1 is 0.816 bits per heavy atom. The van der Waals surface area contributed by atoms with Gasteiger partial charge in [0, 0.05) is 26.8 Å². The van der Waals surface area contributed by atoms with E-state index in [2.05, 4.69) is 47.0 Å². The second kappa shape index (κ2) is 15.8. The van der Waals surface area contributed by atoms with Crippen molar-refractivity contribution >= 4 is 6.09 Å². The molecule has 0 saturated heterocycles. The molecule has 7 heteroatoms. The summed E-state index contributed by atoms with van der Waals surface area (Å²) in [6, 6.07) is 28.5. The maximum absolute atomic E-state index is 12.6. The highest BCUT2D eigenvalue weighted by atomic mass is 16.6. The number of rotatable bonds is 16. The molecule has 3 aromatic carbocycles. The third-order valence-electron chi connectivity index (χ3n) is 6.51. The lowest BCUT2D eigenvalue weighted by Gasteiger charge is -2.38. The zero-order valence-corrected chi connectivity index (χ0v) is 22.4. The van der Waals surface area contributed by atoms with Crippen molar-refractivity contribution in [2.75, 3.05) is 40.5 Å². The van der Waals surface area contributed by atoms with E-state index in [-0.39, 0.29) is 13.2 Å². The summed E-state index contributed by atoms with van der Waals surface area (Å²) in [5.41, 5.74) is 2.42. The van der Waals surface area contributed by atoms with Crippen molar-refractivity contribution in [2.24, 2.45) is 0 Å². The molecule has 204 valence electrons. The minimum atomic E-state index is -0.715. The van der Waals surface area contributed by atoms with Crippen molar-refractivity contribution in [1.29, 1.82) is 0 Å². The summed E-state index contributed by atoms with van der Waals surface area (Å²) in [4.78, 5) is 12.6. The summed E-state index contributed by atoms with van der Waals surface area (Å²) < 4.78 is 16.6. The largest absolute Gasteiger partial charge is 0.497 e. The standard InChI is InChI=1S/C31H40N2O5/c1-36-24-29(38-30(35)32-21-11-3-4-12-22-34)23-33-31(25-13-7-5-8-14-25,26-15-9-6-10-16-26)27-17-19-28(37-2)20-18-27/h5-10,13-20,29,33-34H,3-4,11-12,21-24H2,1-2H3,(H,32,35)/t29-/m0/s1. The van der Waals surface area contributed by atoms with Crippen LogP contribution in [0.4, 0.5) is 4.79 Å². The molecule has 0 radical (unpaired) electrons. The number of methoxy groups -OCH3 is 2. The van der Waals surface area contributed by atoms with Gasteiger partial charge in [-0.15, -0.1) is 0 Å². The minimum absolute atomic E-state index is 0.200. The molecule has 0 aromatic heterocycles. The molecule has 3 aromatic rings. The predicted molar refractivity (Wildman–Crippen MR) is 149 cm³/mol. The fourth-order valence-electron chi connectivity index (χ4n) is 4.58. The summed E-state index contributed by atoms with van der Waals surface area (Å²) >= 11 is 0. The lowest BCUT2D eigenvalue weighted by atomic mass is 9.77. The first-order valence-electron chi connectivity index (χ1n) is 13.2. The molecule has 0 spiro atoms. The quantitative estimate of drug-likeness (QED) is 0.184. The summed E-state index contributed by atoms with van der Waals surface area (Å²) in [6.45, 7) is 1.33. The van der Waals surface area contributed by atoms with E-state index in [1.54, 1.807) is 14.2 Å². The van der Waals surface area contributed by atoms with Crippen molar-refractivity contribution in [2.45, 2.75) is 37.3 Å². The Morgan fingerprint density at radius 3 is 1.95 bits per heavy atom. The molecule has 0 aliphatic heterocycles. The summed E-state index contributed by atoms with van der Waals surface area (Å²) in [5, 5.41) is 15.5. The second-order valence-electron chi connectivity index (χ2n) is 9.14. The van der Waals surface area contributed by atoms with Crippen LogP contribution in [0.15, 0.2) is 84.9 Å². The van der Waals surface area contributed by atoms with Gasteiger partial charge >= 0.3 is 6.09 Å². The van der Waals surface area contributed by atoms with Crippen LogP contribution in [-0.2, 0) is 15.0 Å². The Labute approximate surface area is 226 Å². The van der Waals surface area contributed by atoms with E-state index in [1.807, 2.05) is 48.5 Å². The SMILES string of the molecule is COC[C@H](CNC(c1ccccc1)(c1ccccc1)c1ccc(OC)cc1)OC(=O)NCCCCCCO. The number of alkyl carbamates (subject to hydrolysis) is 1. The summed E-state index contributed by atoms with van der Waals surface area (Å²) in [7, 11) is 3.25. The molecule has 0 heterocycles. The number of ether oxygens (including phenoxy) is 3. The van der Waals surface area contributed by atoms with Crippen molar-refractivity contribution in [3.63, 3.8) is 0 Å². The smallest absolute Gasteiger partial charge is 0.407 e. The van der Waals surface area contributed by atoms with Crippen LogP contribution in [0.3, 0.4) is 0 Å². The number of nitrogens with one attached hydrogen (secondary N) is 2. The van der Waals surface area contributed by atoms with Gasteiger partial charge in [0.1, 0.15) is 11.9 Å². The zero-order valence-electron chi connectivity index (χ0n) is 22.4. The van der Waals surface area contributed by atoms with Gasteiger partial charge in [-0.1, -0.05) is 85.6 Å². The number of carbonyl (C=O) groups is 1. The molecule has 0 bridgehead atoms. The van der Waals surface area contributed by atoms with Crippen LogP contribution in [0.2, 0.25) is 0 Å². The Morgan fingerprint density at radius 2 is 1.39 bits per heavy atom. The van der Waals surface area contributed by atoms with E-state index >= 15 is 0 Å². The average molecular weight is 521 g/mol. The minimum Gasteiger partial charge on any atom is -0.497 e. The van der Waals surface area contributed by atoms with E-state index in [0.717, 1.165) is 48.1 Å². The molecule has 0 fully saturated rings. The molecule has 0 aliphatic carbocycles. The van der Waals surface area contributed by atoms with E-state index < -0.39 is 17.7 Å². The molecule has 3 rings (SSSR count). The molecule has 1 atom stereocenters. The van der Waals surface area contributed by atoms with Crippen molar-refractivity contribution in [1.82, 2.24) is 10.6 Å². The fraction of sp³-hybridized carbons (Fsp3) is 0.387. The molecule has 38 heavy (non-hydrogen) atoms. The highest BCUT2D eigenvalue weighted by Gasteiger charge is 2.37. The topological polar surface area (TPSA) is 89.0 Å². The van der Waals surface area contributed by atoms with E-state index in [0.29, 0.717) is 13.1 Å². The number of amides is 1. The summed E-state index contributed by atoms with van der Waals surface area (Å²) in [5.74, 6) is 0.775. The van der Waals surface area contributed by atoms with Crippen molar-refractivity contribution in [3.05, 3.63) is 102 Å². The number of hydrogen-bond acceptors (Lipinski definition) is 6. The van der Waals surface area contributed by atoms with Gasteiger partial charge in [0.05, 0.1) is 19.3 Å². The maximum atomic E-state index is 12.6. The van der Waals surface area contributed by atoms with Gasteiger partial charge in [0.25, 0.3) is 0 Å².